The molecule has 0 aromatic carbocycles. The highest BCUT2D eigenvalue weighted by Gasteiger charge is 2.39. The summed E-state index contributed by atoms with van der Waals surface area (Å²) in [6.07, 6.45) is 6.18. The average molecular weight is 490 g/mol. The fourth-order valence-corrected chi connectivity index (χ4v) is 5.28. The maximum Gasteiger partial charge on any atom is 0.330 e. The first kappa shape index (κ1) is 24.2. The van der Waals surface area contributed by atoms with E-state index in [0.29, 0.717) is 23.5 Å². The molecule has 190 valence electrons. The summed E-state index contributed by atoms with van der Waals surface area (Å²) in [5.41, 5.74) is 3.43. The molecule has 2 unspecified atom stereocenters. The van der Waals surface area contributed by atoms with E-state index >= 15 is 0 Å². The predicted molar refractivity (Wildman–Crippen MR) is 139 cm³/mol. The molecule has 0 spiro atoms. The predicted octanol–water partition coefficient (Wildman–Crippen LogP) is 3.92. The molecule has 9 nitrogen and oxygen atoms in total. The second-order valence-electron chi connectivity index (χ2n) is 12.0. The Morgan fingerprint density at radius 1 is 1.25 bits per heavy atom. The van der Waals surface area contributed by atoms with Gasteiger partial charge in [-0.2, -0.15) is 5.10 Å². The van der Waals surface area contributed by atoms with Crippen LogP contribution in [0.5, 0.6) is 0 Å². The molecule has 1 N–H and O–H groups in total. The Hall–Kier alpha value is -3.49. The Morgan fingerprint density at radius 2 is 2.03 bits per heavy atom. The van der Waals surface area contributed by atoms with E-state index < -0.39 is 0 Å². The zero-order chi connectivity index (χ0) is 25.8. The van der Waals surface area contributed by atoms with Crippen LogP contribution in [0.15, 0.2) is 41.5 Å². The molecule has 1 amide bonds. The number of carbonyl (C=O) groups is 1. The molecule has 5 rings (SSSR count). The van der Waals surface area contributed by atoms with Crippen LogP contribution in [0.4, 0.5) is 0 Å². The van der Waals surface area contributed by atoms with Crippen molar-refractivity contribution in [3.8, 4) is 0 Å². The summed E-state index contributed by atoms with van der Waals surface area (Å²) >= 11 is 0. The van der Waals surface area contributed by atoms with Crippen LogP contribution >= 0.6 is 0 Å². The molecule has 1 aliphatic carbocycles. The number of carbonyl (C=O) groups excluding carboxylic acids is 1. The molecule has 1 aliphatic rings. The largest absolute Gasteiger partial charge is 0.347 e. The number of pyridine rings is 1. The van der Waals surface area contributed by atoms with Crippen molar-refractivity contribution >= 4 is 22.7 Å². The van der Waals surface area contributed by atoms with E-state index in [1.807, 2.05) is 10.6 Å². The zero-order valence-electron chi connectivity index (χ0n) is 21.9. The van der Waals surface area contributed by atoms with E-state index in [-0.39, 0.29) is 34.4 Å². The van der Waals surface area contributed by atoms with E-state index in [9.17, 15) is 9.59 Å². The van der Waals surface area contributed by atoms with Crippen molar-refractivity contribution in [1.82, 2.24) is 34.0 Å². The van der Waals surface area contributed by atoms with Gasteiger partial charge >= 0.3 is 5.69 Å². The van der Waals surface area contributed by atoms with Crippen LogP contribution in [0, 0.1) is 10.8 Å². The minimum Gasteiger partial charge on any atom is -0.347 e. The molecule has 4 aromatic rings. The van der Waals surface area contributed by atoms with Gasteiger partial charge in [0.25, 0.3) is 5.91 Å². The monoisotopic (exact) mass is 489 g/mol. The third-order valence-corrected chi connectivity index (χ3v) is 7.43. The van der Waals surface area contributed by atoms with Gasteiger partial charge in [-0.15, -0.1) is 0 Å². The van der Waals surface area contributed by atoms with Crippen LogP contribution in [0.3, 0.4) is 0 Å². The molecule has 4 heterocycles. The van der Waals surface area contributed by atoms with Gasteiger partial charge in [-0.05, 0) is 48.3 Å². The van der Waals surface area contributed by atoms with Crippen molar-refractivity contribution in [2.24, 2.45) is 17.9 Å². The van der Waals surface area contributed by atoms with Crippen LogP contribution in [0.25, 0.3) is 16.8 Å². The van der Waals surface area contributed by atoms with Crippen LogP contribution in [-0.2, 0) is 13.6 Å². The number of hydrogen-bond acceptors (Lipinski definition) is 5. The lowest BCUT2D eigenvalue weighted by atomic mass is 9.68. The molecule has 9 heteroatoms. The van der Waals surface area contributed by atoms with Gasteiger partial charge in [-0.1, -0.05) is 34.6 Å². The molecule has 36 heavy (non-hydrogen) atoms. The Kier molecular flexibility index (Phi) is 5.76. The summed E-state index contributed by atoms with van der Waals surface area (Å²) in [5.74, 6) is 0.000757. The number of hydrogen-bond donors (Lipinski definition) is 1. The second-order valence-corrected chi connectivity index (χ2v) is 12.0. The molecule has 0 aliphatic heterocycles. The third kappa shape index (κ3) is 4.42. The van der Waals surface area contributed by atoms with Crippen molar-refractivity contribution in [1.29, 1.82) is 0 Å². The molecule has 0 saturated heterocycles. The second kappa shape index (κ2) is 8.57. The van der Waals surface area contributed by atoms with Gasteiger partial charge in [0.2, 0.25) is 0 Å². The van der Waals surface area contributed by atoms with Gasteiger partial charge in [0.05, 0.1) is 5.52 Å². The Bertz CT molecular complexity index is 1470. The van der Waals surface area contributed by atoms with Crippen LogP contribution in [-0.4, -0.2) is 40.7 Å². The zero-order valence-corrected chi connectivity index (χ0v) is 21.9. The highest BCUT2D eigenvalue weighted by molar-refractivity contribution is 5.93. The van der Waals surface area contributed by atoms with Gasteiger partial charge in [0, 0.05) is 49.7 Å². The Morgan fingerprint density at radius 3 is 2.75 bits per heavy atom. The molecular formula is C27H35N7O2. The summed E-state index contributed by atoms with van der Waals surface area (Å²) in [6.45, 7) is 11.4. The van der Waals surface area contributed by atoms with Gasteiger partial charge in [0.1, 0.15) is 0 Å². The molecule has 0 radical (unpaired) electrons. The number of nitrogens with one attached hydrogen (secondary N) is 1. The van der Waals surface area contributed by atoms with Crippen LogP contribution in [0.1, 0.15) is 76.0 Å². The normalized spacial score (nSPS) is 20.2. The van der Waals surface area contributed by atoms with Gasteiger partial charge in [-0.25, -0.2) is 19.3 Å². The number of fused-ring (bicyclic) bond motifs is 2. The molecule has 1 saturated carbocycles. The minimum atomic E-state index is -0.190. The molecular weight excluding hydrogens is 454 g/mol. The van der Waals surface area contributed by atoms with Gasteiger partial charge in [0.15, 0.2) is 17.0 Å². The van der Waals surface area contributed by atoms with Gasteiger partial charge in [-0.3, -0.25) is 13.9 Å². The van der Waals surface area contributed by atoms with Crippen molar-refractivity contribution in [3.05, 3.63) is 58.5 Å². The number of nitrogens with zero attached hydrogens (tertiary/aromatic N) is 6. The Labute approximate surface area is 210 Å². The molecule has 0 bridgehead atoms. The standard InChI is InChI=1S/C27H35N7O2/c1-26(2,3)16-33-20-9-8-18(29-23(20)32(6)25(33)36)17-10-11-27(4,5)21(14-17)30-24(35)19-15-22-28-12-7-13-34(22)31-19/h7-9,12-13,15,17,21H,10-11,14,16H2,1-6H3,(H,30,35). The van der Waals surface area contributed by atoms with Crippen molar-refractivity contribution < 1.29 is 4.79 Å². The summed E-state index contributed by atoms with van der Waals surface area (Å²) < 4.78 is 5.08. The lowest BCUT2D eigenvalue weighted by Crippen LogP contribution is -2.48. The number of amides is 1. The summed E-state index contributed by atoms with van der Waals surface area (Å²) in [4.78, 5) is 35.3. The fraction of sp³-hybridized carbons (Fsp3) is 0.519. The summed E-state index contributed by atoms with van der Waals surface area (Å²) in [7, 11) is 1.79. The van der Waals surface area contributed by atoms with Gasteiger partial charge < -0.3 is 5.32 Å². The van der Waals surface area contributed by atoms with E-state index in [1.54, 1.807) is 40.7 Å². The maximum absolute atomic E-state index is 13.1. The number of imidazole rings is 1. The van der Waals surface area contributed by atoms with E-state index in [2.05, 4.69) is 56.1 Å². The minimum absolute atomic E-state index is 0.0197. The molecule has 2 atom stereocenters. The SMILES string of the molecule is Cn1c(=O)n(CC(C)(C)C)c2ccc(C3CCC(C)(C)C(NC(=O)c4cc5ncccn5n4)C3)nc21. The quantitative estimate of drug-likeness (QED) is 0.469. The average Bonchev–Trinajstić information content (AvgIpc) is 3.35. The van der Waals surface area contributed by atoms with E-state index in [0.717, 1.165) is 30.5 Å². The number of rotatable bonds is 4. The number of aryl methyl sites for hydroxylation is 1. The Balaban J connectivity index is 1.40. The van der Waals surface area contributed by atoms with Crippen LogP contribution < -0.4 is 11.0 Å². The lowest BCUT2D eigenvalue weighted by molar-refractivity contribution is 0.0831. The summed E-state index contributed by atoms with van der Waals surface area (Å²) in [6, 6.07) is 7.54. The highest BCUT2D eigenvalue weighted by Crippen LogP contribution is 2.42. The first-order chi connectivity index (χ1) is 16.9. The number of aromatic nitrogens is 6. The van der Waals surface area contributed by atoms with Crippen LogP contribution in [0.2, 0.25) is 0 Å². The van der Waals surface area contributed by atoms with Crippen molar-refractivity contribution in [3.63, 3.8) is 0 Å². The molecule has 1 fully saturated rings. The highest BCUT2D eigenvalue weighted by atomic mass is 16.2. The topological polar surface area (TPSA) is 99.1 Å². The molecule has 4 aromatic heterocycles. The first-order valence-corrected chi connectivity index (χ1v) is 12.6. The van der Waals surface area contributed by atoms with Crippen molar-refractivity contribution in [2.45, 2.75) is 72.4 Å². The third-order valence-electron chi connectivity index (χ3n) is 7.43. The van der Waals surface area contributed by atoms with Crippen molar-refractivity contribution in [2.75, 3.05) is 0 Å². The maximum atomic E-state index is 13.1. The fourth-order valence-electron chi connectivity index (χ4n) is 5.28. The summed E-state index contributed by atoms with van der Waals surface area (Å²) in [5, 5.41) is 7.62. The van der Waals surface area contributed by atoms with E-state index in [4.69, 9.17) is 4.98 Å². The van der Waals surface area contributed by atoms with E-state index in [1.165, 1.54) is 0 Å². The lowest BCUT2D eigenvalue weighted by Gasteiger charge is -2.42. The first-order valence-electron chi connectivity index (χ1n) is 12.6. The smallest absolute Gasteiger partial charge is 0.330 e.